The fourth-order valence-electron chi connectivity index (χ4n) is 8.59. The summed E-state index contributed by atoms with van der Waals surface area (Å²) in [5.41, 5.74) is 15.0. The second kappa shape index (κ2) is 15.7. The summed E-state index contributed by atoms with van der Waals surface area (Å²) in [7, 11) is 0. The normalized spacial score (nSPS) is 16.2. The van der Waals surface area contributed by atoms with Crippen molar-refractivity contribution in [2.45, 2.75) is 33.6 Å². The minimum Gasteiger partial charge on any atom is -0.308 e. The molecule has 3 heterocycles. The summed E-state index contributed by atoms with van der Waals surface area (Å²) in [6.07, 6.45) is 21.1. The van der Waals surface area contributed by atoms with Crippen LogP contribution in [0.5, 0.6) is 0 Å². The van der Waals surface area contributed by atoms with E-state index < -0.39 is 0 Å². The molecule has 280 valence electrons. The lowest BCUT2D eigenvalue weighted by atomic mass is 9.93. The van der Waals surface area contributed by atoms with Crippen molar-refractivity contribution in [2.75, 3.05) is 6.54 Å². The van der Waals surface area contributed by atoms with E-state index in [-0.39, 0.29) is 0 Å². The molecule has 58 heavy (non-hydrogen) atoms. The Morgan fingerprint density at radius 3 is 2.26 bits per heavy atom. The molecular weight excluding hydrogens is 705 g/mol. The molecule has 2 aromatic heterocycles. The first-order valence-corrected chi connectivity index (χ1v) is 20.1. The summed E-state index contributed by atoms with van der Waals surface area (Å²) in [4.78, 5) is 10.1. The number of hydrogen-bond donors (Lipinski definition) is 0. The molecule has 0 spiro atoms. The molecule has 0 saturated carbocycles. The van der Waals surface area contributed by atoms with E-state index in [4.69, 9.17) is 16.4 Å². The van der Waals surface area contributed by atoms with Crippen LogP contribution in [0.1, 0.15) is 53.8 Å². The van der Waals surface area contributed by atoms with E-state index in [1.165, 1.54) is 32.9 Å². The molecule has 4 heteroatoms. The van der Waals surface area contributed by atoms with Gasteiger partial charge in [0.25, 0.3) is 0 Å². The van der Waals surface area contributed by atoms with Gasteiger partial charge in [-0.05, 0) is 91.4 Å². The van der Waals surface area contributed by atoms with Gasteiger partial charge >= 0.3 is 0 Å². The molecule has 0 aliphatic carbocycles. The Kier molecular flexibility index (Phi) is 9.88. The van der Waals surface area contributed by atoms with Crippen molar-refractivity contribution in [3.05, 3.63) is 197 Å². The maximum atomic E-state index is 6.61. The number of allylic oxidation sites excluding steroid dienone is 4. The molecule has 8 aromatic rings. The number of nitrogens with zero attached hydrogens (tertiary/aromatic N) is 4. The Hall–Kier alpha value is -7.22. The van der Waals surface area contributed by atoms with Crippen molar-refractivity contribution in [3.63, 3.8) is 0 Å². The van der Waals surface area contributed by atoms with Crippen LogP contribution in [0.15, 0.2) is 174 Å². The lowest BCUT2D eigenvalue weighted by molar-refractivity contribution is 1.00. The fraction of sp³-hybridized carbons (Fsp3) is 0.111. The first-order valence-electron chi connectivity index (χ1n) is 20.1. The van der Waals surface area contributed by atoms with Crippen LogP contribution in [0, 0.1) is 19.3 Å². The van der Waals surface area contributed by atoms with Crippen LogP contribution in [0.3, 0.4) is 0 Å². The number of rotatable bonds is 7. The largest absolute Gasteiger partial charge is 0.308 e. The van der Waals surface area contributed by atoms with Gasteiger partial charge in [-0.1, -0.05) is 140 Å². The average Bonchev–Trinajstić information content (AvgIpc) is 3.78. The molecule has 0 amide bonds. The van der Waals surface area contributed by atoms with Crippen molar-refractivity contribution < 1.29 is 0 Å². The molecule has 9 rings (SSSR count). The van der Waals surface area contributed by atoms with E-state index in [0.717, 1.165) is 80.2 Å². The molecule has 0 N–H and O–H groups in total. The quantitative estimate of drug-likeness (QED) is 0.146. The predicted octanol–water partition coefficient (Wildman–Crippen LogP) is 13.0. The number of terminal acetylenes is 1. The van der Waals surface area contributed by atoms with E-state index >= 15 is 0 Å². The van der Waals surface area contributed by atoms with Crippen LogP contribution in [0.25, 0.3) is 61.3 Å². The second-order valence-corrected chi connectivity index (χ2v) is 14.6. The monoisotopic (exact) mass is 748 g/mol. The van der Waals surface area contributed by atoms with E-state index in [2.05, 4.69) is 188 Å². The Bertz CT molecular complexity index is 3050. The zero-order valence-corrected chi connectivity index (χ0v) is 33.2. The van der Waals surface area contributed by atoms with Crippen molar-refractivity contribution in [2.24, 2.45) is 9.98 Å². The van der Waals surface area contributed by atoms with E-state index in [9.17, 15) is 0 Å². The summed E-state index contributed by atoms with van der Waals surface area (Å²) < 4.78 is 4.85. The highest BCUT2D eigenvalue weighted by Crippen LogP contribution is 2.43. The van der Waals surface area contributed by atoms with Gasteiger partial charge in [0.2, 0.25) is 0 Å². The molecule has 6 aromatic carbocycles. The summed E-state index contributed by atoms with van der Waals surface area (Å²) in [5.74, 6) is 3.90. The van der Waals surface area contributed by atoms with Gasteiger partial charge in [0.1, 0.15) is 0 Å². The minimum absolute atomic E-state index is 0.658. The maximum Gasteiger partial charge on any atom is 0.155 e. The molecule has 0 bridgehead atoms. The molecule has 0 unspecified atom stereocenters. The Morgan fingerprint density at radius 1 is 0.724 bits per heavy atom. The van der Waals surface area contributed by atoms with Crippen molar-refractivity contribution in [1.82, 2.24) is 9.13 Å². The number of aryl methyl sites for hydroxylation is 2. The molecule has 1 aliphatic heterocycles. The zero-order chi connectivity index (χ0) is 39.6. The third kappa shape index (κ3) is 6.32. The van der Waals surface area contributed by atoms with Crippen molar-refractivity contribution >= 4 is 50.3 Å². The zero-order valence-electron chi connectivity index (χ0n) is 33.2. The summed E-state index contributed by atoms with van der Waals surface area (Å²) in [6, 6.07) is 47.3. The summed E-state index contributed by atoms with van der Waals surface area (Å²) in [5, 5.41) is 3.62. The topological polar surface area (TPSA) is 34.6 Å². The number of hydrogen-bond acceptors (Lipinski definition) is 2. The van der Waals surface area contributed by atoms with Gasteiger partial charge in [-0.3, -0.25) is 4.99 Å². The molecule has 4 nitrogen and oxygen atoms in total. The molecule has 0 fully saturated rings. The standard InChI is InChI=1S/C54H44N4/c1-5-21-49-42(7-3)46-33-34-47-45-26-17-18-29-51(45)58(53(47)52(46)57(49)40-24-14-11-15-25-40)50-30-20-27-44(41(50)6-2)43-32-31-39(36-37(43)4)54-55-35-19-9-8-16-28-48(56-54)38-22-12-10-13-23-38/h2,5,8-18,20-34,36H,7,19,35H2,1,3-4H3/b9-8-,21-5-,28-16+,55-54-,56-48-. The molecule has 0 radical (unpaired) electrons. The van der Waals surface area contributed by atoms with Crippen LogP contribution >= 0.6 is 0 Å². The van der Waals surface area contributed by atoms with Crippen molar-refractivity contribution in [1.29, 1.82) is 0 Å². The van der Waals surface area contributed by atoms with Gasteiger partial charge in [-0.25, -0.2) is 4.99 Å². The second-order valence-electron chi connectivity index (χ2n) is 14.6. The van der Waals surface area contributed by atoms with Gasteiger partial charge in [-0.15, -0.1) is 6.42 Å². The SMILES string of the molecule is C#Cc1c(-c2ccc(C3=N\CC\C=C/C=C/C(c4ccccc4)=N/3)cc2C)cccc1-n1c2ccccc2c2ccc3c(CC)c(/C=C\C)n(-c4ccccc4)c3c21. The lowest BCUT2D eigenvalue weighted by Gasteiger charge is -2.17. The number of aromatic nitrogens is 2. The highest BCUT2D eigenvalue weighted by atomic mass is 15.1. The molecule has 1 aliphatic rings. The third-order valence-corrected chi connectivity index (χ3v) is 11.2. The molecule has 0 saturated heterocycles. The van der Waals surface area contributed by atoms with Crippen LogP contribution in [0.2, 0.25) is 0 Å². The number of fused-ring (bicyclic) bond motifs is 5. The third-order valence-electron chi connectivity index (χ3n) is 11.2. The Balaban J connectivity index is 1.26. The summed E-state index contributed by atoms with van der Waals surface area (Å²) in [6.45, 7) is 7.16. The Morgan fingerprint density at radius 2 is 1.48 bits per heavy atom. The lowest BCUT2D eigenvalue weighted by Crippen LogP contribution is -2.07. The van der Waals surface area contributed by atoms with Crippen LogP contribution in [0.4, 0.5) is 0 Å². The fourth-order valence-corrected chi connectivity index (χ4v) is 8.59. The van der Waals surface area contributed by atoms with Crippen LogP contribution in [-0.4, -0.2) is 27.2 Å². The first kappa shape index (κ1) is 36.4. The summed E-state index contributed by atoms with van der Waals surface area (Å²) >= 11 is 0. The van der Waals surface area contributed by atoms with Crippen molar-refractivity contribution in [3.8, 4) is 34.8 Å². The van der Waals surface area contributed by atoms with E-state index in [1.54, 1.807) is 0 Å². The Labute approximate surface area is 340 Å². The smallest absolute Gasteiger partial charge is 0.155 e. The van der Waals surface area contributed by atoms with Gasteiger partial charge < -0.3 is 9.13 Å². The first-order chi connectivity index (χ1) is 28.6. The molecule has 0 atom stereocenters. The van der Waals surface area contributed by atoms with Gasteiger partial charge in [-0.2, -0.15) is 0 Å². The molecular formula is C54H44N4. The van der Waals surface area contributed by atoms with Crippen LogP contribution in [-0.2, 0) is 6.42 Å². The van der Waals surface area contributed by atoms with Gasteiger partial charge in [0.15, 0.2) is 5.84 Å². The number of aliphatic imine (C=N–C) groups is 2. The van der Waals surface area contributed by atoms with Crippen LogP contribution < -0.4 is 0 Å². The maximum absolute atomic E-state index is 6.61. The van der Waals surface area contributed by atoms with Gasteiger partial charge in [0.05, 0.1) is 33.5 Å². The minimum atomic E-state index is 0.658. The van der Waals surface area contributed by atoms with Gasteiger partial charge in [0, 0.05) is 45.2 Å². The predicted molar refractivity (Wildman–Crippen MR) is 247 cm³/mol. The highest BCUT2D eigenvalue weighted by Gasteiger charge is 2.24. The van der Waals surface area contributed by atoms with E-state index in [1.807, 2.05) is 18.2 Å². The number of para-hydroxylation sites is 2. The average molecular weight is 749 g/mol. The highest BCUT2D eigenvalue weighted by molar-refractivity contribution is 6.20. The van der Waals surface area contributed by atoms with E-state index in [0.29, 0.717) is 6.54 Å². The number of benzene rings is 6. The number of amidine groups is 1.